The highest BCUT2D eigenvalue weighted by Gasteiger charge is 2.38. The van der Waals surface area contributed by atoms with E-state index in [1.54, 1.807) is 13.8 Å². The molecule has 0 aliphatic heterocycles. The molecule has 0 aliphatic carbocycles. The Bertz CT molecular complexity index is 468. The normalized spacial score (nSPS) is 13.1. The zero-order valence-electron chi connectivity index (χ0n) is 12.7. The standard InChI is InChI=1S/C12H25N3O3S2/c1-6-12(7-2,9(13)19)10(16)14-8-11(3,4)15-20(5,17)18/h15H,6-8H2,1-5H3,(H2,13,19)(H,14,16). The fourth-order valence-electron chi connectivity index (χ4n) is 2.04. The molecule has 0 rings (SSSR count). The first kappa shape index (κ1) is 19.3. The van der Waals surface area contributed by atoms with Crippen LogP contribution in [0.25, 0.3) is 0 Å². The van der Waals surface area contributed by atoms with E-state index in [9.17, 15) is 13.2 Å². The van der Waals surface area contributed by atoms with Gasteiger partial charge in [-0.25, -0.2) is 13.1 Å². The van der Waals surface area contributed by atoms with E-state index in [1.807, 2.05) is 13.8 Å². The van der Waals surface area contributed by atoms with E-state index >= 15 is 0 Å². The van der Waals surface area contributed by atoms with Gasteiger partial charge < -0.3 is 11.1 Å². The summed E-state index contributed by atoms with van der Waals surface area (Å²) in [5.41, 5.74) is 4.03. The summed E-state index contributed by atoms with van der Waals surface area (Å²) >= 11 is 5.00. The van der Waals surface area contributed by atoms with Crippen LogP contribution in [-0.4, -0.2) is 37.7 Å². The number of thiocarbonyl (C=S) groups is 1. The number of sulfonamides is 1. The van der Waals surface area contributed by atoms with Crippen molar-refractivity contribution in [1.82, 2.24) is 10.0 Å². The van der Waals surface area contributed by atoms with Crippen molar-refractivity contribution in [2.45, 2.75) is 46.1 Å². The first-order valence-electron chi connectivity index (χ1n) is 6.47. The van der Waals surface area contributed by atoms with Crippen LogP contribution in [0.15, 0.2) is 0 Å². The van der Waals surface area contributed by atoms with E-state index in [-0.39, 0.29) is 17.4 Å². The van der Waals surface area contributed by atoms with Crippen LogP contribution in [-0.2, 0) is 14.8 Å². The van der Waals surface area contributed by atoms with Crippen LogP contribution in [0, 0.1) is 5.41 Å². The van der Waals surface area contributed by atoms with Gasteiger partial charge in [0.15, 0.2) is 0 Å². The van der Waals surface area contributed by atoms with Gasteiger partial charge in [-0.2, -0.15) is 0 Å². The molecule has 0 aromatic heterocycles. The molecular formula is C12H25N3O3S2. The van der Waals surface area contributed by atoms with Crippen molar-refractivity contribution in [2.24, 2.45) is 11.1 Å². The van der Waals surface area contributed by atoms with Crippen molar-refractivity contribution in [1.29, 1.82) is 0 Å². The first-order valence-corrected chi connectivity index (χ1v) is 8.77. The molecule has 0 heterocycles. The summed E-state index contributed by atoms with van der Waals surface area (Å²) in [5.74, 6) is -0.265. The third kappa shape index (κ3) is 5.34. The Morgan fingerprint density at radius 1 is 1.25 bits per heavy atom. The lowest BCUT2D eigenvalue weighted by molar-refractivity contribution is -0.128. The molecule has 6 nitrogen and oxygen atoms in total. The summed E-state index contributed by atoms with van der Waals surface area (Å²) in [6.45, 7) is 7.23. The van der Waals surface area contributed by atoms with E-state index in [0.29, 0.717) is 12.8 Å². The van der Waals surface area contributed by atoms with Crippen LogP contribution in [0.4, 0.5) is 0 Å². The summed E-state index contributed by atoms with van der Waals surface area (Å²) < 4.78 is 24.9. The van der Waals surface area contributed by atoms with Crippen LogP contribution in [0.3, 0.4) is 0 Å². The molecule has 0 saturated heterocycles. The summed E-state index contributed by atoms with van der Waals surface area (Å²) in [6, 6.07) is 0. The number of nitrogens with two attached hydrogens (primary N) is 1. The molecule has 0 atom stereocenters. The molecular weight excluding hydrogens is 298 g/mol. The summed E-state index contributed by atoms with van der Waals surface area (Å²) in [7, 11) is -3.34. The van der Waals surface area contributed by atoms with Crippen LogP contribution in [0.2, 0.25) is 0 Å². The lowest BCUT2D eigenvalue weighted by atomic mass is 9.81. The average molecular weight is 323 g/mol. The second-order valence-corrected chi connectivity index (χ2v) is 7.78. The van der Waals surface area contributed by atoms with Crippen LogP contribution in [0.5, 0.6) is 0 Å². The second-order valence-electron chi connectivity index (χ2n) is 5.59. The number of hydrogen-bond donors (Lipinski definition) is 3. The molecule has 0 saturated carbocycles. The lowest BCUT2D eigenvalue weighted by Crippen LogP contribution is -2.55. The first-order chi connectivity index (χ1) is 8.90. The van der Waals surface area contributed by atoms with Crippen molar-refractivity contribution in [2.75, 3.05) is 12.8 Å². The number of rotatable bonds is 8. The molecule has 4 N–H and O–H groups in total. The quantitative estimate of drug-likeness (QED) is 0.565. The van der Waals surface area contributed by atoms with Gasteiger partial charge in [0, 0.05) is 12.1 Å². The predicted octanol–water partition coefficient (Wildman–Crippen LogP) is 0.523. The maximum atomic E-state index is 12.3. The van der Waals surface area contributed by atoms with Crippen molar-refractivity contribution in [3.63, 3.8) is 0 Å². The summed E-state index contributed by atoms with van der Waals surface area (Å²) in [6.07, 6.45) is 2.09. The zero-order chi connectivity index (χ0) is 16.2. The van der Waals surface area contributed by atoms with Gasteiger partial charge in [-0.15, -0.1) is 0 Å². The number of carbonyl (C=O) groups is 1. The second kappa shape index (κ2) is 6.82. The van der Waals surface area contributed by atoms with Gasteiger partial charge in [0.25, 0.3) is 0 Å². The smallest absolute Gasteiger partial charge is 0.233 e. The van der Waals surface area contributed by atoms with Gasteiger partial charge in [0.1, 0.15) is 0 Å². The molecule has 0 bridgehead atoms. The number of amides is 1. The van der Waals surface area contributed by atoms with Gasteiger partial charge in [0.2, 0.25) is 15.9 Å². The molecule has 0 aliphatic rings. The maximum Gasteiger partial charge on any atom is 0.233 e. The van der Waals surface area contributed by atoms with Gasteiger partial charge in [-0.05, 0) is 26.7 Å². The minimum absolute atomic E-state index is 0.156. The molecule has 0 unspecified atom stereocenters. The molecule has 0 spiro atoms. The Balaban J connectivity index is 4.89. The minimum atomic E-state index is -3.34. The minimum Gasteiger partial charge on any atom is -0.392 e. The molecule has 118 valence electrons. The van der Waals surface area contributed by atoms with Crippen LogP contribution < -0.4 is 15.8 Å². The fraction of sp³-hybridized carbons (Fsp3) is 0.833. The highest BCUT2D eigenvalue weighted by Crippen LogP contribution is 2.27. The monoisotopic (exact) mass is 323 g/mol. The number of nitrogens with one attached hydrogen (secondary N) is 2. The van der Waals surface area contributed by atoms with Crippen molar-refractivity contribution in [3.8, 4) is 0 Å². The summed E-state index contributed by atoms with van der Waals surface area (Å²) in [4.78, 5) is 12.5. The van der Waals surface area contributed by atoms with E-state index in [2.05, 4.69) is 10.0 Å². The van der Waals surface area contributed by atoms with Gasteiger partial charge in [-0.3, -0.25) is 4.79 Å². The van der Waals surface area contributed by atoms with Gasteiger partial charge in [0.05, 0.1) is 16.7 Å². The van der Waals surface area contributed by atoms with Gasteiger partial charge in [-0.1, -0.05) is 26.1 Å². The Morgan fingerprint density at radius 3 is 2.00 bits per heavy atom. The molecule has 0 fully saturated rings. The van der Waals surface area contributed by atoms with E-state index in [4.69, 9.17) is 18.0 Å². The van der Waals surface area contributed by atoms with Crippen LogP contribution in [0.1, 0.15) is 40.5 Å². The average Bonchev–Trinajstić information content (AvgIpc) is 2.25. The Morgan fingerprint density at radius 2 is 1.70 bits per heavy atom. The molecule has 20 heavy (non-hydrogen) atoms. The van der Waals surface area contributed by atoms with Gasteiger partial charge >= 0.3 is 0 Å². The SMILES string of the molecule is CCC(CC)(C(=O)NCC(C)(C)NS(C)(=O)=O)C(N)=S. The molecule has 0 radical (unpaired) electrons. The third-order valence-corrected chi connectivity index (χ3v) is 4.58. The number of hydrogen-bond acceptors (Lipinski definition) is 4. The Kier molecular flexibility index (Phi) is 6.57. The highest BCUT2D eigenvalue weighted by molar-refractivity contribution is 7.88. The zero-order valence-corrected chi connectivity index (χ0v) is 14.4. The van der Waals surface area contributed by atoms with Crippen molar-refractivity contribution >= 4 is 33.1 Å². The fourth-order valence-corrected chi connectivity index (χ4v) is 3.50. The maximum absolute atomic E-state index is 12.3. The topological polar surface area (TPSA) is 101 Å². The Hall–Kier alpha value is -0.730. The largest absolute Gasteiger partial charge is 0.392 e. The van der Waals surface area contributed by atoms with Crippen molar-refractivity contribution < 1.29 is 13.2 Å². The molecule has 1 amide bonds. The molecule has 8 heteroatoms. The highest BCUT2D eigenvalue weighted by atomic mass is 32.2. The van der Waals surface area contributed by atoms with E-state index in [1.165, 1.54) is 0 Å². The molecule has 0 aromatic carbocycles. The lowest BCUT2D eigenvalue weighted by Gasteiger charge is -2.32. The van der Waals surface area contributed by atoms with Crippen molar-refractivity contribution in [3.05, 3.63) is 0 Å². The predicted molar refractivity (Wildman–Crippen MR) is 84.9 cm³/mol. The summed E-state index contributed by atoms with van der Waals surface area (Å²) in [5, 5.41) is 2.74. The van der Waals surface area contributed by atoms with E-state index in [0.717, 1.165) is 6.26 Å². The third-order valence-electron chi connectivity index (χ3n) is 3.27. The number of carbonyl (C=O) groups excluding carboxylic acids is 1. The van der Waals surface area contributed by atoms with Crippen LogP contribution >= 0.6 is 12.2 Å². The Labute approximate surface area is 126 Å². The van der Waals surface area contributed by atoms with E-state index < -0.39 is 21.0 Å². The molecule has 0 aromatic rings.